The second kappa shape index (κ2) is 18.7. The molecule has 0 fully saturated rings. The summed E-state index contributed by atoms with van der Waals surface area (Å²) in [7, 11) is 1.90. The summed E-state index contributed by atoms with van der Waals surface area (Å²) in [5, 5.41) is 100. The summed E-state index contributed by atoms with van der Waals surface area (Å²) in [6.07, 6.45) is -15.6. The summed E-state index contributed by atoms with van der Waals surface area (Å²) < 4.78 is 0. The lowest BCUT2D eigenvalue weighted by atomic mass is 10.0. The molecule has 0 heterocycles. The highest BCUT2D eigenvalue weighted by Gasteiger charge is 2.35. The van der Waals surface area contributed by atoms with Gasteiger partial charge in [-0.25, -0.2) is 0 Å². The van der Waals surface area contributed by atoms with E-state index < -0.39 is 73.9 Å². The van der Waals surface area contributed by atoms with Crippen LogP contribution in [0, 0.1) is 0 Å². The molecule has 0 aromatic rings. The van der Waals surface area contributed by atoms with E-state index in [1.54, 1.807) is 0 Å². The monoisotopic (exact) mass is 558 g/mol. The number of hydrogen-bond donors (Lipinski definition) is 12. The topological polar surface area (TPSA) is 267 Å². The number of likely N-dealkylation sites (N-methyl/N-ethyl adjacent to an activating group) is 1. The molecule has 0 saturated heterocycles. The molecule has 12 N–H and O–H groups in total. The second-order valence-corrected chi connectivity index (χ2v) is 9.16. The summed E-state index contributed by atoms with van der Waals surface area (Å²) in [6.45, 7) is 3.81. The molecule has 0 radical (unpaired) electrons. The van der Waals surface area contributed by atoms with E-state index >= 15 is 0 Å². The Hall–Kier alpha value is -1.54. The van der Waals surface area contributed by atoms with Crippen molar-refractivity contribution in [3.05, 3.63) is 0 Å². The van der Waals surface area contributed by atoms with Crippen molar-refractivity contribution in [2.24, 2.45) is 0 Å². The first-order chi connectivity index (χ1) is 17.7. The van der Waals surface area contributed by atoms with Gasteiger partial charge in [0.25, 0.3) is 11.8 Å². The number of aliphatic hydroxyl groups is 10. The molecule has 0 aliphatic carbocycles. The Morgan fingerprint density at radius 3 is 1.39 bits per heavy atom. The first-order valence-corrected chi connectivity index (χ1v) is 12.4. The molecule has 0 aliphatic heterocycles. The number of aliphatic hydroxyl groups excluding tert-OH is 10. The Bertz CT molecular complexity index is 632. The number of amides is 2. The predicted molar refractivity (Wildman–Crippen MR) is 132 cm³/mol. The SMILES string of the molecule is CCN(C)C(C)CN(CCNC(=O)C(O)C(O)C(O)C(O)CO)CCNC(=O)C(O)C(O)C(O)C(O)CO. The third-order valence-electron chi connectivity index (χ3n) is 6.27. The highest BCUT2D eigenvalue weighted by Crippen LogP contribution is 2.07. The van der Waals surface area contributed by atoms with Gasteiger partial charge in [0.15, 0.2) is 12.2 Å². The summed E-state index contributed by atoms with van der Waals surface area (Å²) in [6, 6.07) is 0.0523. The molecule has 0 saturated carbocycles. The Labute approximate surface area is 221 Å². The predicted octanol–water partition coefficient (Wildman–Crippen LogP) is -7.27. The van der Waals surface area contributed by atoms with Gasteiger partial charge in [0.05, 0.1) is 13.2 Å². The van der Waals surface area contributed by atoms with Gasteiger partial charge in [-0.15, -0.1) is 0 Å². The van der Waals surface area contributed by atoms with Crippen LogP contribution in [-0.2, 0) is 9.59 Å². The summed E-state index contributed by atoms with van der Waals surface area (Å²) in [5.74, 6) is -2.04. The first-order valence-electron chi connectivity index (χ1n) is 12.4. The molecular formula is C22H46N4O12. The molecule has 0 spiro atoms. The molecule has 0 bridgehead atoms. The summed E-state index contributed by atoms with van der Waals surface area (Å²) >= 11 is 0. The lowest BCUT2D eigenvalue weighted by molar-refractivity contribution is -0.149. The fourth-order valence-electron chi connectivity index (χ4n) is 3.36. The van der Waals surface area contributed by atoms with Crippen LogP contribution in [0.25, 0.3) is 0 Å². The fraction of sp³-hybridized carbons (Fsp3) is 0.909. The van der Waals surface area contributed by atoms with Crippen molar-refractivity contribution in [3.8, 4) is 0 Å². The van der Waals surface area contributed by atoms with E-state index in [0.29, 0.717) is 6.54 Å². The van der Waals surface area contributed by atoms with Crippen LogP contribution in [0.5, 0.6) is 0 Å². The van der Waals surface area contributed by atoms with Crippen LogP contribution in [0.4, 0.5) is 0 Å². The molecule has 9 atom stereocenters. The van der Waals surface area contributed by atoms with Crippen molar-refractivity contribution in [1.29, 1.82) is 0 Å². The molecule has 0 aromatic carbocycles. The number of carbonyl (C=O) groups excluding carboxylic acids is 2. The normalized spacial score (nSPS) is 19.2. The van der Waals surface area contributed by atoms with E-state index in [1.165, 1.54) is 0 Å². The van der Waals surface area contributed by atoms with Crippen LogP contribution < -0.4 is 10.6 Å². The van der Waals surface area contributed by atoms with Crippen LogP contribution in [0.1, 0.15) is 13.8 Å². The van der Waals surface area contributed by atoms with Gasteiger partial charge in [-0.2, -0.15) is 0 Å². The maximum Gasteiger partial charge on any atom is 0.251 e. The van der Waals surface area contributed by atoms with E-state index in [0.717, 1.165) is 6.54 Å². The minimum atomic E-state index is -2.07. The first kappa shape index (κ1) is 36.5. The highest BCUT2D eigenvalue weighted by atomic mass is 16.4. The maximum atomic E-state index is 12.2. The Morgan fingerprint density at radius 1 is 0.711 bits per heavy atom. The van der Waals surface area contributed by atoms with Crippen molar-refractivity contribution in [2.75, 3.05) is 59.5 Å². The standard InChI is InChI=1S/C22H46N4O12/c1-4-25(3)12(2)9-26(7-5-23-21(37)19(35)17(33)15(31)13(29)10-27)8-6-24-22(38)20(36)18(34)16(32)14(30)11-28/h12-20,27-36H,4-11H2,1-3H3,(H,23,37)(H,24,38). The highest BCUT2D eigenvalue weighted by molar-refractivity contribution is 5.81. The number of rotatable bonds is 20. The van der Waals surface area contributed by atoms with Gasteiger partial charge in [0.1, 0.15) is 36.6 Å². The van der Waals surface area contributed by atoms with Crippen LogP contribution >= 0.6 is 0 Å². The van der Waals surface area contributed by atoms with Gasteiger partial charge in [0, 0.05) is 38.8 Å². The van der Waals surface area contributed by atoms with Gasteiger partial charge >= 0.3 is 0 Å². The molecule has 0 aromatic heterocycles. The van der Waals surface area contributed by atoms with Gasteiger partial charge in [-0.3, -0.25) is 14.5 Å². The minimum absolute atomic E-state index is 0.00958. The molecule has 9 unspecified atom stereocenters. The van der Waals surface area contributed by atoms with Crippen LogP contribution in [0.3, 0.4) is 0 Å². The third-order valence-corrected chi connectivity index (χ3v) is 6.27. The molecule has 0 aliphatic rings. The number of nitrogens with zero attached hydrogens (tertiary/aromatic N) is 2. The molecule has 226 valence electrons. The second-order valence-electron chi connectivity index (χ2n) is 9.16. The van der Waals surface area contributed by atoms with Gasteiger partial charge < -0.3 is 66.6 Å². The minimum Gasteiger partial charge on any atom is -0.394 e. The van der Waals surface area contributed by atoms with Crippen LogP contribution in [-0.4, -0.2) is 187 Å². The van der Waals surface area contributed by atoms with E-state index in [-0.39, 0.29) is 32.2 Å². The van der Waals surface area contributed by atoms with Crippen molar-refractivity contribution < 1.29 is 60.7 Å². The average Bonchev–Trinajstić information content (AvgIpc) is 2.92. The average molecular weight is 559 g/mol. The molecular weight excluding hydrogens is 512 g/mol. The third kappa shape index (κ3) is 12.1. The maximum absolute atomic E-state index is 12.2. The number of nitrogens with one attached hydrogen (secondary N) is 2. The van der Waals surface area contributed by atoms with E-state index in [9.17, 15) is 50.4 Å². The summed E-state index contributed by atoms with van der Waals surface area (Å²) in [5.41, 5.74) is 0. The lowest BCUT2D eigenvalue weighted by Gasteiger charge is -2.31. The summed E-state index contributed by atoms with van der Waals surface area (Å²) in [4.78, 5) is 28.2. The van der Waals surface area contributed by atoms with E-state index in [4.69, 9.17) is 10.2 Å². The zero-order chi connectivity index (χ0) is 29.6. The zero-order valence-electron chi connectivity index (χ0n) is 22.0. The largest absolute Gasteiger partial charge is 0.394 e. The molecule has 0 rings (SSSR count). The Morgan fingerprint density at radius 2 is 1.08 bits per heavy atom. The van der Waals surface area contributed by atoms with E-state index in [1.807, 2.05) is 30.7 Å². The van der Waals surface area contributed by atoms with Crippen LogP contribution in [0.15, 0.2) is 0 Å². The van der Waals surface area contributed by atoms with E-state index in [2.05, 4.69) is 10.6 Å². The zero-order valence-corrected chi connectivity index (χ0v) is 22.0. The Kier molecular flexibility index (Phi) is 17.9. The van der Waals surface area contributed by atoms with Crippen molar-refractivity contribution in [1.82, 2.24) is 20.4 Å². The molecule has 2 amide bonds. The molecule has 16 heteroatoms. The van der Waals surface area contributed by atoms with Gasteiger partial charge in [0.2, 0.25) is 0 Å². The van der Waals surface area contributed by atoms with Crippen molar-refractivity contribution in [3.63, 3.8) is 0 Å². The quantitative estimate of drug-likeness (QED) is 0.0662. The number of hydrogen-bond acceptors (Lipinski definition) is 14. The molecule has 16 nitrogen and oxygen atoms in total. The molecule has 38 heavy (non-hydrogen) atoms. The van der Waals surface area contributed by atoms with Crippen molar-refractivity contribution in [2.45, 2.75) is 68.7 Å². The number of carbonyl (C=O) groups is 2. The van der Waals surface area contributed by atoms with Crippen molar-refractivity contribution >= 4 is 11.8 Å². The van der Waals surface area contributed by atoms with Gasteiger partial charge in [-0.1, -0.05) is 6.92 Å². The Balaban J connectivity index is 4.98. The van der Waals surface area contributed by atoms with Crippen LogP contribution in [0.2, 0.25) is 0 Å². The fourth-order valence-corrected chi connectivity index (χ4v) is 3.36. The smallest absolute Gasteiger partial charge is 0.251 e. The van der Waals surface area contributed by atoms with Gasteiger partial charge in [-0.05, 0) is 20.5 Å². The lowest BCUT2D eigenvalue weighted by Crippen LogP contribution is -2.53.